The average molecular weight is 198 g/mol. The molecule has 3 unspecified atom stereocenters. The van der Waals surface area contributed by atoms with Gasteiger partial charge in [-0.15, -0.1) is 0 Å². The molecule has 78 valence electrons. The number of ether oxygens (including phenoxy) is 1. The summed E-state index contributed by atoms with van der Waals surface area (Å²) in [6.07, 6.45) is -5.71. The van der Waals surface area contributed by atoms with Crippen LogP contribution in [-0.2, 0) is 4.74 Å². The van der Waals surface area contributed by atoms with Crippen LogP contribution in [0, 0.1) is 0 Å². The normalized spacial score (nSPS) is 32.1. The third-order valence-corrected chi connectivity index (χ3v) is 2.26. The zero-order valence-corrected chi connectivity index (χ0v) is 7.34. The number of alkyl halides is 3. The summed E-state index contributed by atoms with van der Waals surface area (Å²) in [4.78, 5) is 0. The summed E-state index contributed by atoms with van der Waals surface area (Å²) in [6, 6.07) is 0. The molecule has 0 saturated heterocycles. The van der Waals surface area contributed by atoms with E-state index < -0.39 is 24.5 Å². The first-order valence-electron chi connectivity index (χ1n) is 4.31. The van der Waals surface area contributed by atoms with E-state index in [-0.39, 0.29) is 0 Å². The maximum absolute atomic E-state index is 12.0. The fourth-order valence-electron chi connectivity index (χ4n) is 1.40. The first-order chi connectivity index (χ1) is 5.91. The van der Waals surface area contributed by atoms with Gasteiger partial charge in [0.25, 0.3) is 0 Å². The molecule has 0 aliphatic heterocycles. The highest BCUT2D eigenvalue weighted by Crippen LogP contribution is 2.28. The number of halogens is 3. The molecule has 0 radical (unpaired) electrons. The Labute approximate surface area is 74.7 Å². The van der Waals surface area contributed by atoms with Crippen molar-refractivity contribution in [2.45, 2.75) is 50.7 Å². The minimum atomic E-state index is -4.33. The quantitative estimate of drug-likeness (QED) is 0.733. The number of aliphatic hydroxyl groups is 1. The molecule has 3 atom stereocenters. The van der Waals surface area contributed by atoms with Crippen LogP contribution in [0.1, 0.15) is 26.2 Å². The Morgan fingerprint density at radius 1 is 1.38 bits per heavy atom. The van der Waals surface area contributed by atoms with Crippen molar-refractivity contribution in [3.05, 3.63) is 0 Å². The molecule has 13 heavy (non-hydrogen) atoms. The van der Waals surface area contributed by atoms with Gasteiger partial charge in [0.15, 0.2) is 6.10 Å². The van der Waals surface area contributed by atoms with E-state index in [9.17, 15) is 18.3 Å². The van der Waals surface area contributed by atoms with Crippen molar-refractivity contribution in [1.29, 1.82) is 0 Å². The predicted octanol–water partition coefficient (Wildman–Crippen LogP) is 1.87. The monoisotopic (exact) mass is 198 g/mol. The summed E-state index contributed by atoms with van der Waals surface area (Å²) in [5.74, 6) is 0. The van der Waals surface area contributed by atoms with Crippen LogP contribution in [0.15, 0.2) is 0 Å². The van der Waals surface area contributed by atoms with Crippen molar-refractivity contribution < 1.29 is 23.0 Å². The number of hydrogen-bond donors (Lipinski definition) is 1. The summed E-state index contributed by atoms with van der Waals surface area (Å²) >= 11 is 0. The molecule has 0 amide bonds. The highest BCUT2D eigenvalue weighted by Gasteiger charge is 2.40. The first-order valence-corrected chi connectivity index (χ1v) is 4.31. The van der Waals surface area contributed by atoms with Gasteiger partial charge in [0, 0.05) is 0 Å². The van der Waals surface area contributed by atoms with Gasteiger partial charge in [0.1, 0.15) is 0 Å². The van der Waals surface area contributed by atoms with Gasteiger partial charge in [-0.05, 0) is 26.2 Å². The maximum Gasteiger partial charge on any atom is 0.414 e. The summed E-state index contributed by atoms with van der Waals surface area (Å²) in [7, 11) is 0. The zero-order chi connectivity index (χ0) is 10.1. The molecule has 1 saturated carbocycles. The van der Waals surface area contributed by atoms with Crippen molar-refractivity contribution in [1.82, 2.24) is 0 Å². The molecular formula is C8H13F3O2. The van der Waals surface area contributed by atoms with E-state index in [1.807, 2.05) is 0 Å². The molecule has 1 N–H and O–H groups in total. The molecule has 1 fully saturated rings. The van der Waals surface area contributed by atoms with E-state index in [4.69, 9.17) is 4.74 Å². The fourth-order valence-corrected chi connectivity index (χ4v) is 1.40. The number of rotatable bonds is 2. The van der Waals surface area contributed by atoms with Gasteiger partial charge < -0.3 is 9.84 Å². The van der Waals surface area contributed by atoms with Crippen LogP contribution in [0.2, 0.25) is 0 Å². The van der Waals surface area contributed by atoms with Gasteiger partial charge in [-0.25, -0.2) is 0 Å². The molecule has 1 aliphatic rings. The van der Waals surface area contributed by atoms with Gasteiger partial charge in [-0.3, -0.25) is 0 Å². The van der Waals surface area contributed by atoms with Gasteiger partial charge in [-0.2, -0.15) is 13.2 Å². The van der Waals surface area contributed by atoms with E-state index in [1.54, 1.807) is 0 Å². The van der Waals surface area contributed by atoms with Crippen LogP contribution in [0.4, 0.5) is 13.2 Å². The Kier molecular flexibility index (Phi) is 3.18. The lowest BCUT2D eigenvalue weighted by Crippen LogP contribution is -2.35. The summed E-state index contributed by atoms with van der Waals surface area (Å²) in [5.41, 5.74) is 0. The average Bonchev–Trinajstić information content (AvgIpc) is 2.34. The molecule has 0 bridgehead atoms. The minimum Gasteiger partial charge on any atom is -0.390 e. The Morgan fingerprint density at radius 2 is 2.00 bits per heavy atom. The van der Waals surface area contributed by atoms with Crippen LogP contribution < -0.4 is 0 Å². The highest BCUT2D eigenvalue weighted by molar-refractivity contribution is 4.79. The second kappa shape index (κ2) is 3.84. The summed E-state index contributed by atoms with van der Waals surface area (Å²) in [5, 5.41) is 9.21. The first kappa shape index (κ1) is 10.8. The molecule has 0 aromatic heterocycles. The van der Waals surface area contributed by atoms with E-state index in [0.29, 0.717) is 12.8 Å². The van der Waals surface area contributed by atoms with Crippen molar-refractivity contribution in [2.75, 3.05) is 0 Å². The van der Waals surface area contributed by atoms with Gasteiger partial charge in [-0.1, -0.05) is 0 Å². The molecule has 0 heterocycles. The Bertz CT molecular complexity index is 169. The Morgan fingerprint density at radius 3 is 2.38 bits per heavy atom. The van der Waals surface area contributed by atoms with E-state index in [1.165, 1.54) is 0 Å². The topological polar surface area (TPSA) is 29.5 Å². The number of aliphatic hydroxyl groups excluding tert-OH is 1. The van der Waals surface area contributed by atoms with Gasteiger partial charge >= 0.3 is 6.18 Å². The van der Waals surface area contributed by atoms with Crippen LogP contribution in [0.3, 0.4) is 0 Å². The lowest BCUT2D eigenvalue weighted by atomic mass is 10.2. The van der Waals surface area contributed by atoms with Crippen molar-refractivity contribution >= 4 is 0 Å². The molecular weight excluding hydrogens is 185 g/mol. The lowest BCUT2D eigenvalue weighted by molar-refractivity contribution is -0.232. The third kappa shape index (κ3) is 2.84. The molecule has 5 heteroatoms. The van der Waals surface area contributed by atoms with Crippen LogP contribution in [-0.4, -0.2) is 29.6 Å². The largest absolute Gasteiger partial charge is 0.414 e. The maximum atomic E-state index is 12.0. The van der Waals surface area contributed by atoms with Crippen LogP contribution in [0.5, 0.6) is 0 Å². The fraction of sp³-hybridized carbons (Fsp3) is 1.00. The predicted molar refractivity (Wildman–Crippen MR) is 40.2 cm³/mol. The summed E-state index contributed by atoms with van der Waals surface area (Å²) < 4.78 is 40.8. The minimum absolute atomic E-state index is 0.515. The van der Waals surface area contributed by atoms with Gasteiger partial charge in [0.2, 0.25) is 0 Å². The lowest BCUT2D eigenvalue weighted by Gasteiger charge is -2.22. The zero-order valence-electron chi connectivity index (χ0n) is 7.34. The van der Waals surface area contributed by atoms with Crippen LogP contribution in [0.25, 0.3) is 0 Å². The highest BCUT2D eigenvalue weighted by atomic mass is 19.4. The van der Waals surface area contributed by atoms with Crippen LogP contribution >= 0.6 is 0 Å². The van der Waals surface area contributed by atoms with E-state index in [0.717, 1.165) is 13.3 Å². The molecule has 2 nitrogen and oxygen atoms in total. The SMILES string of the molecule is CC(OC1CCCC1O)C(F)(F)F. The molecule has 0 aromatic rings. The van der Waals surface area contributed by atoms with Crippen molar-refractivity contribution in [3.63, 3.8) is 0 Å². The van der Waals surface area contributed by atoms with Gasteiger partial charge in [0.05, 0.1) is 12.2 Å². The number of hydrogen-bond acceptors (Lipinski definition) is 2. The Hall–Kier alpha value is -0.290. The molecule has 0 spiro atoms. The molecule has 1 aliphatic carbocycles. The second-order valence-corrected chi connectivity index (χ2v) is 3.36. The van der Waals surface area contributed by atoms with Crippen molar-refractivity contribution in [3.8, 4) is 0 Å². The third-order valence-electron chi connectivity index (χ3n) is 2.26. The molecule has 0 aromatic carbocycles. The van der Waals surface area contributed by atoms with E-state index >= 15 is 0 Å². The smallest absolute Gasteiger partial charge is 0.390 e. The second-order valence-electron chi connectivity index (χ2n) is 3.36. The summed E-state index contributed by atoms with van der Waals surface area (Å²) in [6.45, 7) is 0.963. The molecule has 1 rings (SSSR count). The van der Waals surface area contributed by atoms with E-state index in [2.05, 4.69) is 0 Å². The van der Waals surface area contributed by atoms with Crippen molar-refractivity contribution in [2.24, 2.45) is 0 Å². The standard InChI is InChI=1S/C8H13F3O2/c1-5(8(9,10)11)13-7-4-2-3-6(7)12/h5-7,12H,2-4H2,1H3. The Balaban J connectivity index is 2.40.